The molecule has 2 unspecified atom stereocenters. The predicted molar refractivity (Wildman–Crippen MR) is 294 cm³/mol. The van der Waals surface area contributed by atoms with E-state index in [1.807, 2.05) is 6.08 Å². The number of nitrogens with one attached hydrogen (secondary N) is 1. The lowest BCUT2D eigenvalue weighted by molar-refractivity contribution is -0.123. The first-order valence-electron chi connectivity index (χ1n) is 27.0. The minimum absolute atomic E-state index is 0.0822. The van der Waals surface area contributed by atoms with Gasteiger partial charge in [0.25, 0.3) is 0 Å². The van der Waals surface area contributed by atoms with Gasteiger partial charge in [0, 0.05) is 6.42 Å². The van der Waals surface area contributed by atoms with E-state index < -0.39 is 12.1 Å². The maximum absolute atomic E-state index is 12.4. The van der Waals surface area contributed by atoms with Crippen molar-refractivity contribution < 1.29 is 15.0 Å². The highest BCUT2D eigenvalue weighted by Gasteiger charge is 2.17. The molecule has 0 radical (unpaired) electrons. The average molecular weight is 908 g/mol. The molecule has 0 aliphatic carbocycles. The molecule has 0 aromatic heterocycles. The fourth-order valence-electron chi connectivity index (χ4n) is 7.24. The van der Waals surface area contributed by atoms with Crippen LogP contribution in [-0.2, 0) is 4.79 Å². The number of rotatable bonds is 47. The van der Waals surface area contributed by atoms with Crippen molar-refractivity contribution in [1.29, 1.82) is 0 Å². The van der Waals surface area contributed by atoms with E-state index in [9.17, 15) is 15.0 Å². The summed E-state index contributed by atoms with van der Waals surface area (Å²) in [5.41, 5.74) is 0. The molecule has 0 aliphatic heterocycles. The molecule has 4 nitrogen and oxygen atoms in total. The number of amides is 1. The monoisotopic (exact) mass is 908 g/mol. The van der Waals surface area contributed by atoms with Crippen LogP contribution >= 0.6 is 0 Å². The molecule has 0 fully saturated rings. The van der Waals surface area contributed by atoms with Crippen LogP contribution in [0.4, 0.5) is 0 Å². The molecule has 0 aromatic rings. The first kappa shape index (κ1) is 62.3. The number of allylic oxidation sites excluding steroid dienone is 23. The van der Waals surface area contributed by atoms with Crippen molar-refractivity contribution in [3.05, 3.63) is 146 Å². The van der Waals surface area contributed by atoms with Crippen molar-refractivity contribution in [2.45, 2.75) is 231 Å². The van der Waals surface area contributed by atoms with Crippen molar-refractivity contribution >= 4 is 5.91 Å². The van der Waals surface area contributed by atoms with Gasteiger partial charge in [0.2, 0.25) is 5.91 Å². The van der Waals surface area contributed by atoms with Crippen LogP contribution in [0.25, 0.3) is 0 Å². The zero-order valence-electron chi connectivity index (χ0n) is 42.6. The van der Waals surface area contributed by atoms with E-state index >= 15 is 0 Å². The summed E-state index contributed by atoms with van der Waals surface area (Å²) in [6.07, 6.45) is 88.4. The van der Waals surface area contributed by atoms with Crippen LogP contribution in [0, 0.1) is 0 Å². The Kier molecular flexibility index (Phi) is 52.5. The van der Waals surface area contributed by atoms with Crippen LogP contribution in [0.2, 0.25) is 0 Å². The van der Waals surface area contributed by atoms with E-state index in [1.165, 1.54) is 89.9 Å². The number of carbonyl (C=O) groups excluding carboxylic acids is 1. The summed E-state index contributed by atoms with van der Waals surface area (Å²) in [6.45, 7) is 4.17. The highest BCUT2D eigenvalue weighted by atomic mass is 16.3. The Bertz CT molecular complexity index is 1400. The molecule has 2 atom stereocenters. The maximum Gasteiger partial charge on any atom is 0.220 e. The molecule has 0 spiro atoms. The van der Waals surface area contributed by atoms with Gasteiger partial charge in [-0.3, -0.25) is 4.79 Å². The molecular formula is C62H101NO3. The molecule has 0 heterocycles. The molecule has 0 aromatic carbocycles. The highest BCUT2D eigenvalue weighted by molar-refractivity contribution is 5.76. The number of hydrogen-bond donors (Lipinski definition) is 3. The van der Waals surface area contributed by atoms with Gasteiger partial charge in [0.15, 0.2) is 0 Å². The summed E-state index contributed by atoms with van der Waals surface area (Å²) in [6, 6.07) is -0.637. The maximum atomic E-state index is 12.4. The number of aliphatic hydroxyl groups is 2. The summed E-state index contributed by atoms with van der Waals surface area (Å²) < 4.78 is 0. The molecule has 3 N–H and O–H groups in total. The fraction of sp³-hybridized carbons (Fsp3) is 0.597. The molecule has 0 aliphatic rings. The largest absolute Gasteiger partial charge is 0.394 e. The molecule has 0 rings (SSSR count). The Morgan fingerprint density at radius 2 is 0.667 bits per heavy atom. The third kappa shape index (κ3) is 51.3. The van der Waals surface area contributed by atoms with Crippen molar-refractivity contribution in [3.8, 4) is 0 Å². The highest BCUT2D eigenvalue weighted by Crippen LogP contribution is 2.13. The quantitative estimate of drug-likeness (QED) is 0.0421. The van der Waals surface area contributed by atoms with Gasteiger partial charge in [-0.2, -0.15) is 0 Å². The van der Waals surface area contributed by atoms with Crippen LogP contribution in [0.5, 0.6) is 0 Å². The smallest absolute Gasteiger partial charge is 0.220 e. The normalized spacial score (nSPS) is 14.1. The van der Waals surface area contributed by atoms with Crippen LogP contribution < -0.4 is 5.32 Å². The van der Waals surface area contributed by atoms with Crippen LogP contribution in [-0.4, -0.2) is 34.9 Å². The van der Waals surface area contributed by atoms with Gasteiger partial charge in [0.05, 0.1) is 18.8 Å². The Hall–Kier alpha value is -3.73. The Labute approximate surface area is 408 Å². The number of carbonyl (C=O) groups is 1. The van der Waals surface area contributed by atoms with E-state index in [4.69, 9.17) is 0 Å². The van der Waals surface area contributed by atoms with Crippen molar-refractivity contribution in [2.75, 3.05) is 6.61 Å². The molecule has 0 saturated heterocycles. The van der Waals surface area contributed by atoms with Gasteiger partial charge in [-0.15, -0.1) is 0 Å². The lowest BCUT2D eigenvalue weighted by Crippen LogP contribution is -2.45. The van der Waals surface area contributed by atoms with Crippen molar-refractivity contribution in [3.63, 3.8) is 0 Å². The average Bonchev–Trinajstić information content (AvgIpc) is 3.32. The molecule has 0 bridgehead atoms. The Morgan fingerprint density at radius 3 is 1.00 bits per heavy atom. The van der Waals surface area contributed by atoms with E-state index in [-0.39, 0.29) is 12.5 Å². The minimum Gasteiger partial charge on any atom is -0.394 e. The topological polar surface area (TPSA) is 69.6 Å². The Morgan fingerprint density at radius 1 is 0.379 bits per heavy atom. The second-order valence-corrected chi connectivity index (χ2v) is 17.6. The summed E-state index contributed by atoms with van der Waals surface area (Å²) >= 11 is 0. The SMILES string of the molecule is CC/C=C\C/C=C\C/C=C\C/C=C\C/C=C\C/C=C\C/C=C\C/C=C\C/C=C\C/C=C\C/C=C\CCCCCCCCCC(=O)NC(CO)C(O)/C=C/CCCCCCCCCCCCC. The van der Waals surface area contributed by atoms with Crippen LogP contribution in [0.1, 0.15) is 219 Å². The van der Waals surface area contributed by atoms with Crippen LogP contribution in [0.3, 0.4) is 0 Å². The van der Waals surface area contributed by atoms with E-state index in [0.29, 0.717) is 6.42 Å². The standard InChI is InChI=1S/C62H101NO3/c1-3-5-7-9-11-13-15-17-18-19-20-21-22-23-24-25-26-27-28-29-30-31-32-33-34-35-36-37-38-39-40-41-42-43-44-46-48-50-52-54-56-58-62(66)63-60(59-64)61(65)57-55-53-51-49-47-45-16-14-12-10-8-6-4-2/h5,7,11,13,17-18,20-21,23-24,26-27,29-30,32-33,35-36,38-39,41-42,55,57,60-61,64-65H,3-4,6,8-10,12,14-16,19,22,25,28,31,34,37,40,43-54,56,58-59H2,1-2H3,(H,63,66)/b7-5-,13-11-,18-17-,21-20-,24-23-,27-26-,30-29-,33-32-,36-35-,39-38-,42-41-,57-55+. The van der Waals surface area contributed by atoms with Gasteiger partial charge in [0.1, 0.15) is 0 Å². The fourth-order valence-corrected chi connectivity index (χ4v) is 7.24. The first-order valence-corrected chi connectivity index (χ1v) is 27.0. The lowest BCUT2D eigenvalue weighted by Gasteiger charge is -2.20. The Balaban J connectivity index is 3.67. The third-order valence-corrected chi connectivity index (χ3v) is 11.3. The molecule has 0 saturated carbocycles. The van der Waals surface area contributed by atoms with Gasteiger partial charge < -0.3 is 15.5 Å². The van der Waals surface area contributed by atoms with Crippen LogP contribution in [0.15, 0.2) is 146 Å². The molecule has 66 heavy (non-hydrogen) atoms. The molecule has 1 amide bonds. The van der Waals surface area contributed by atoms with Gasteiger partial charge in [-0.1, -0.05) is 256 Å². The number of hydrogen-bond acceptors (Lipinski definition) is 3. The summed E-state index contributed by atoms with van der Waals surface area (Å²) in [5, 5.41) is 23.0. The molecule has 4 heteroatoms. The van der Waals surface area contributed by atoms with E-state index in [0.717, 1.165) is 109 Å². The van der Waals surface area contributed by atoms with Gasteiger partial charge >= 0.3 is 0 Å². The van der Waals surface area contributed by atoms with E-state index in [2.05, 4.69) is 153 Å². The minimum atomic E-state index is -0.852. The van der Waals surface area contributed by atoms with Gasteiger partial charge in [-0.05, 0) is 103 Å². The first-order chi connectivity index (χ1) is 32.7. The number of unbranched alkanes of at least 4 members (excludes halogenated alkanes) is 18. The third-order valence-electron chi connectivity index (χ3n) is 11.3. The molecular weight excluding hydrogens is 807 g/mol. The van der Waals surface area contributed by atoms with Crippen molar-refractivity contribution in [1.82, 2.24) is 5.32 Å². The predicted octanol–water partition coefficient (Wildman–Crippen LogP) is 18.0. The van der Waals surface area contributed by atoms with Crippen molar-refractivity contribution in [2.24, 2.45) is 0 Å². The summed E-state index contributed by atoms with van der Waals surface area (Å²) in [5.74, 6) is -0.0822. The zero-order valence-corrected chi connectivity index (χ0v) is 42.6. The second kappa shape index (κ2) is 55.6. The number of aliphatic hydroxyl groups excluding tert-OH is 2. The summed E-state index contributed by atoms with van der Waals surface area (Å²) in [4.78, 5) is 12.4. The lowest BCUT2D eigenvalue weighted by atomic mass is 10.0. The molecule has 372 valence electrons. The second-order valence-electron chi connectivity index (χ2n) is 17.6. The zero-order chi connectivity index (χ0) is 47.7. The summed E-state index contributed by atoms with van der Waals surface area (Å²) in [7, 11) is 0. The van der Waals surface area contributed by atoms with E-state index in [1.54, 1.807) is 6.08 Å². The van der Waals surface area contributed by atoms with Gasteiger partial charge in [-0.25, -0.2) is 0 Å².